The van der Waals surface area contributed by atoms with Gasteiger partial charge in [0.2, 0.25) is 5.91 Å². The number of nitrogens with one attached hydrogen (secondary N) is 1. The molecule has 0 atom stereocenters. The van der Waals surface area contributed by atoms with Crippen molar-refractivity contribution < 1.29 is 14.3 Å². The zero-order chi connectivity index (χ0) is 16.9. The van der Waals surface area contributed by atoms with Crippen molar-refractivity contribution in [1.29, 1.82) is 0 Å². The summed E-state index contributed by atoms with van der Waals surface area (Å²) in [5.74, 6) is -0.343. The molecule has 0 saturated carbocycles. The second kappa shape index (κ2) is 6.69. The number of carbonyl (C=O) groups excluding carboxylic acids is 2. The Bertz CT molecular complexity index is 860. The summed E-state index contributed by atoms with van der Waals surface area (Å²) in [6.07, 6.45) is 1.40. The Morgan fingerprint density at radius 1 is 1.08 bits per heavy atom. The molecule has 1 aromatic heterocycles. The minimum Gasteiger partial charge on any atom is -0.423 e. The number of rotatable bonds is 4. The number of hydrogen-bond donors (Lipinski definition) is 1. The predicted molar refractivity (Wildman–Crippen MR) is 84.9 cm³/mol. The van der Waals surface area contributed by atoms with Gasteiger partial charge >= 0.3 is 5.97 Å². The van der Waals surface area contributed by atoms with E-state index in [1.54, 1.807) is 48.5 Å². The summed E-state index contributed by atoms with van der Waals surface area (Å²) in [6.45, 7) is 1.42. The van der Waals surface area contributed by atoms with Gasteiger partial charge in [0.1, 0.15) is 12.1 Å². The molecule has 1 heterocycles. The number of carbonyl (C=O) groups is 2. The number of hydrogen-bond acceptors (Lipinski definition) is 6. The van der Waals surface area contributed by atoms with Gasteiger partial charge in [-0.1, -0.05) is 12.1 Å². The average Bonchev–Trinajstić information content (AvgIpc) is 3.10. The summed E-state index contributed by atoms with van der Waals surface area (Å²) >= 11 is 0. The van der Waals surface area contributed by atoms with Crippen LogP contribution in [0, 0.1) is 0 Å². The Balaban J connectivity index is 1.80. The van der Waals surface area contributed by atoms with Crippen molar-refractivity contribution >= 4 is 17.6 Å². The van der Waals surface area contributed by atoms with Crippen LogP contribution in [0.4, 0.5) is 5.69 Å². The predicted octanol–water partition coefficient (Wildman–Crippen LogP) is 1.84. The van der Waals surface area contributed by atoms with Crippen molar-refractivity contribution in [3.63, 3.8) is 0 Å². The van der Waals surface area contributed by atoms with E-state index in [1.807, 2.05) is 0 Å². The fourth-order valence-electron chi connectivity index (χ4n) is 2.09. The van der Waals surface area contributed by atoms with Crippen LogP contribution in [0.1, 0.15) is 17.3 Å². The lowest BCUT2D eigenvalue weighted by molar-refractivity contribution is -0.114. The summed E-state index contributed by atoms with van der Waals surface area (Å²) < 4.78 is 6.75. The van der Waals surface area contributed by atoms with Crippen LogP contribution in [-0.4, -0.2) is 32.1 Å². The number of anilines is 1. The van der Waals surface area contributed by atoms with E-state index in [-0.39, 0.29) is 5.91 Å². The van der Waals surface area contributed by atoms with E-state index >= 15 is 0 Å². The van der Waals surface area contributed by atoms with Gasteiger partial charge in [-0.25, -0.2) is 4.79 Å². The van der Waals surface area contributed by atoms with Crippen LogP contribution in [0.3, 0.4) is 0 Å². The standard InChI is InChI=1S/C16H13N5O3/c1-11(22)18-12-6-8-13(9-7-12)24-16(23)14-4-2-3-5-15(14)21-10-17-19-20-21/h2-10H,1H3,(H,18,22). The first-order valence-electron chi connectivity index (χ1n) is 7.06. The van der Waals surface area contributed by atoms with Gasteiger partial charge < -0.3 is 10.1 Å². The maximum absolute atomic E-state index is 12.4. The fraction of sp³-hybridized carbons (Fsp3) is 0.0625. The molecule has 0 radical (unpaired) electrons. The Labute approximate surface area is 137 Å². The number of amides is 1. The van der Waals surface area contributed by atoms with Gasteiger partial charge in [0, 0.05) is 12.6 Å². The zero-order valence-corrected chi connectivity index (χ0v) is 12.7. The molecule has 0 aliphatic rings. The monoisotopic (exact) mass is 323 g/mol. The van der Waals surface area contributed by atoms with E-state index in [0.717, 1.165) is 0 Å². The zero-order valence-electron chi connectivity index (χ0n) is 12.7. The normalized spacial score (nSPS) is 10.2. The first-order chi connectivity index (χ1) is 11.6. The molecule has 24 heavy (non-hydrogen) atoms. The van der Waals surface area contributed by atoms with Crippen LogP contribution in [0.2, 0.25) is 0 Å². The topological polar surface area (TPSA) is 99.0 Å². The van der Waals surface area contributed by atoms with Crippen molar-refractivity contribution in [2.45, 2.75) is 6.92 Å². The van der Waals surface area contributed by atoms with E-state index in [0.29, 0.717) is 22.7 Å². The number of esters is 1. The third kappa shape index (κ3) is 3.43. The maximum atomic E-state index is 12.4. The quantitative estimate of drug-likeness (QED) is 0.581. The van der Waals surface area contributed by atoms with E-state index < -0.39 is 5.97 Å². The van der Waals surface area contributed by atoms with Crippen LogP contribution in [0.15, 0.2) is 54.9 Å². The lowest BCUT2D eigenvalue weighted by Gasteiger charge is -2.09. The fourth-order valence-corrected chi connectivity index (χ4v) is 2.09. The number of aromatic nitrogens is 4. The SMILES string of the molecule is CC(=O)Nc1ccc(OC(=O)c2ccccc2-n2cnnn2)cc1. The van der Waals surface area contributed by atoms with E-state index in [1.165, 1.54) is 17.9 Å². The number of para-hydroxylation sites is 1. The summed E-state index contributed by atoms with van der Waals surface area (Å²) in [5.41, 5.74) is 1.47. The molecule has 0 aliphatic carbocycles. The second-order valence-corrected chi connectivity index (χ2v) is 4.87. The second-order valence-electron chi connectivity index (χ2n) is 4.87. The van der Waals surface area contributed by atoms with Crippen molar-refractivity contribution in [2.24, 2.45) is 0 Å². The third-order valence-electron chi connectivity index (χ3n) is 3.11. The van der Waals surface area contributed by atoms with Gasteiger partial charge in [0.05, 0.1) is 11.3 Å². The molecule has 0 bridgehead atoms. The number of tetrazole rings is 1. The Hall–Kier alpha value is -3.55. The summed E-state index contributed by atoms with van der Waals surface area (Å²) in [5, 5.41) is 13.5. The molecule has 3 aromatic rings. The molecular weight excluding hydrogens is 310 g/mol. The van der Waals surface area contributed by atoms with Crippen LogP contribution < -0.4 is 10.1 Å². The molecule has 120 valence electrons. The number of ether oxygens (including phenoxy) is 1. The Morgan fingerprint density at radius 3 is 2.50 bits per heavy atom. The lowest BCUT2D eigenvalue weighted by atomic mass is 10.2. The van der Waals surface area contributed by atoms with Gasteiger partial charge in [-0.05, 0) is 46.8 Å². The van der Waals surface area contributed by atoms with Crippen LogP contribution in [0.5, 0.6) is 5.75 Å². The summed E-state index contributed by atoms with van der Waals surface area (Å²) in [4.78, 5) is 23.4. The van der Waals surface area contributed by atoms with Crippen molar-refractivity contribution in [3.8, 4) is 11.4 Å². The van der Waals surface area contributed by atoms with Gasteiger partial charge in [0.15, 0.2) is 0 Å². The first-order valence-corrected chi connectivity index (χ1v) is 7.06. The highest BCUT2D eigenvalue weighted by Gasteiger charge is 2.15. The van der Waals surface area contributed by atoms with Gasteiger partial charge in [-0.2, -0.15) is 4.68 Å². The van der Waals surface area contributed by atoms with Crippen LogP contribution in [0.25, 0.3) is 5.69 Å². The smallest absolute Gasteiger partial charge is 0.345 e. The third-order valence-corrected chi connectivity index (χ3v) is 3.11. The van der Waals surface area contributed by atoms with E-state index in [4.69, 9.17) is 4.74 Å². The molecular formula is C16H13N5O3. The molecule has 0 unspecified atom stereocenters. The maximum Gasteiger partial charge on any atom is 0.345 e. The molecule has 1 amide bonds. The molecule has 0 aliphatic heterocycles. The minimum atomic E-state index is -0.534. The highest BCUT2D eigenvalue weighted by molar-refractivity contribution is 5.95. The summed E-state index contributed by atoms with van der Waals surface area (Å²) in [7, 11) is 0. The summed E-state index contributed by atoms with van der Waals surface area (Å²) in [6, 6.07) is 13.3. The van der Waals surface area contributed by atoms with Crippen LogP contribution >= 0.6 is 0 Å². The highest BCUT2D eigenvalue weighted by Crippen LogP contribution is 2.19. The van der Waals surface area contributed by atoms with E-state index in [2.05, 4.69) is 20.8 Å². The highest BCUT2D eigenvalue weighted by atomic mass is 16.5. The molecule has 8 nitrogen and oxygen atoms in total. The molecule has 3 rings (SSSR count). The number of benzene rings is 2. The van der Waals surface area contributed by atoms with Crippen LogP contribution in [-0.2, 0) is 4.79 Å². The molecule has 0 spiro atoms. The van der Waals surface area contributed by atoms with E-state index in [9.17, 15) is 9.59 Å². The van der Waals surface area contributed by atoms with Crippen molar-refractivity contribution in [3.05, 3.63) is 60.4 Å². The molecule has 0 fully saturated rings. The van der Waals surface area contributed by atoms with Crippen molar-refractivity contribution in [2.75, 3.05) is 5.32 Å². The minimum absolute atomic E-state index is 0.171. The molecule has 2 aromatic carbocycles. The Kier molecular flexibility index (Phi) is 4.28. The number of nitrogens with zero attached hydrogens (tertiary/aromatic N) is 4. The first kappa shape index (κ1) is 15.3. The lowest BCUT2D eigenvalue weighted by Crippen LogP contribution is -2.13. The largest absolute Gasteiger partial charge is 0.423 e. The van der Waals surface area contributed by atoms with Crippen molar-refractivity contribution in [1.82, 2.24) is 20.2 Å². The van der Waals surface area contributed by atoms with Gasteiger partial charge in [-0.3, -0.25) is 4.79 Å². The molecule has 1 N–H and O–H groups in total. The van der Waals surface area contributed by atoms with Gasteiger partial charge in [0.25, 0.3) is 0 Å². The molecule has 8 heteroatoms. The average molecular weight is 323 g/mol. The van der Waals surface area contributed by atoms with Gasteiger partial charge in [-0.15, -0.1) is 5.10 Å². The molecule has 0 saturated heterocycles. The Morgan fingerprint density at radius 2 is 1.83 bits per heavy atom.